The van der Waals surface area contributed by atoms with Gasteiger partial charge < -0.3 is 33.6 Å². The molecule has 170 valence electrons. The molecular weight excluding hydrogens is 372 g/mol. The highest BCUT2D eigenvalue weighted by Gasteiger charge is 2.22. The smallest absolute Gasteiger partial charge is 0.237 e. The van der Waals surface area contributed by atoms with Gasteiger partial charge in [-0.15, -0.1) is 0 Å². The van der Waals surface area contributed by atoms with E-state index >= 15 is 0 Å². The third-order valence-corrected chi connectivity index (χ3v) is 4.88. The minimum Gasteiger partial charge on any atom is -0.355 e. The zero-order valence-electron chi connectivity index (χ0n) is 18.0. The number of Topliss-reactive ketones (excluding diaryl/α,β-unsaturated/α-hetero) is 1. The molecule has 9 nitrogen and oxygen atoms in total. The molecule has 0 spiro atoms. The molecule has 9 heteroatoms. The summed E-state index contributed by atoms with van der Waals surface area (Å²) >= 11 is 0. The van der Waals surface area contributed by atoms with Crippen LogP contribution >= 0.6 is 0 Å². The van der Waals surface area contributed by atoms with Crippen molar-refractivity contribution in [1.82, 2.24) is 10.6 Å². The van der Waals surface area contributed by atoms with Gasteiger partial charge >= 0.3 is 0 Å². The lowest BCUT2D eigenvalue weighted by Crippen LogP contribution is -2.48. The largest absolute Gasteiger partial charge is 0.355 e. The Labute approximate surface area is 175 Å². The van der Waals surface area contributed by atoms with E-state index < -0.39 is 18.1 Å². The van der Waals surface area contributed by atoms with Crippen LogP contribution < -0.4 is 33.6 Å². The summed E-state index contributed by atoms with van der Waals surface area (Å²) in [7, 11) is 0. The molecule has 0 aromatic heterocycles. The maximum absolute atomic E-state index is 12.2. The summed E-state index contributed by atoms with van der Waals surface area (Å²) in [5.74, 6) is -0.482. The van der Waals surface area contributed by atoms with E-state index in [-0.39, 0.29) is 17.6 Å². The highest BCUT2D eigenvalue weighted by atomic mass is 16.2. The monoisotopic (exact) mass is 414 g/mol. The van der Waals surface area contributed by atoms with Crippen LogP contribution in [-0.4, -0.2) is 55.4 Å². The van der Waals surface area contributed by atoms with Gasteiger partial charge in [0.25, 0.3) is 0 Å². The highest BCUT2D eigenvalue weighted by Crippen LogP contribution is 2.06. The van der Waals surface area contributed by atoms with Gasteiger partial charge in [-0.05, 0) is 58.0 Å². The quantitative estimate of drug-likeness (QED) is 0.166. The number of hydrogen-bond acceptors (Lipinski definition) is 7. The van der Waals surface area contributed by atoms with Gasteiger partial charge in [0.1, 0.15) is 0 Å². The SMILES string of the molecule is CCC(=O)C(CCCCNC(=O)C(N)CCCCN)NC(=O)C(N)CCCCN. The van der Waals surface area contributed by atoms with Crippen LogP contribution in [0.15, 0.2) is 0 Å². The van der Waals surface area contributed by atoms with Gasteiger partial charge in [-0.1, -0.05) is 19.8 Å². The van der Waals surface area contributed by atoms with Crippen molar-refractivity contribution in [3.63, 3.8) is 0 Å². The number of carbonyl (C=O) groups is 3. The van der Waals surface area contributed by atoms with Crippen molar-refractivity contribution in [2.75, 3.05) is 19.6 Å². The second-order valence-corrected chi connectivity index (χ2v) is 7.45. The van der Waals surface area contributed by atoms with E-state index in [0.717, 1.165) is 25.7 Å². The van der Waals surface area contributed by atoms with Crippen molar-refractivity contribution < 1.29 is 14.4 Å². The predicted octanol–water partition coefficient (Wildman–Crippen LogP) is -0.351. The van der Waals surface area contributed by atoms with Gasteiger partial charge in [0.15, 0.2) is 5.78 Å². The third kappa shape index (κ3) is 13.3. The average molecular weight is 415 g/mol. The minimum absolute atomic E-state index is 0.0153. The van der Waals surface area contributed by atoms with Crippen LogP contribution in [0.1, 0.15) is 71.1 Å². The van der Waals surface area contributed by atoms with E-state index in [1.165, 1.54) is 0 Å². The van der Waals surface area contributed by atoms with Crippen LogP contribution in [0.25, 0.3) is 0 Å². The lowest BCUT2D eigenvalue weighted by Gasteiger charge is -2.20. The summed E-state index contributed by atoms with van der Waals surface area (Å²) in [6.45, 7) is 3.43. The van der Waals surface area contributed by atoms with Crippen molar-refractivity contribution in [3.05, 3.63) is 0 Å². The van der Waals surface area contributed by atoms with Gasteiger partial charge in [0.2, 0.25) is 11.8 Å². The number of carbonyl (C=O) groups excluding carboxylic acids is 3. The van der Waals surface area contributed by atoms with Crippen LogP contribution in [0, 0.1) is 0 Å². The maximum atomic E-state index is 12.2. The number of unbranched alkanes of at least 4 members (excludes halogenated alkanes) is 3. The first-order chi connectivity index (χ1) is 13.9. The van der Waals surface area contributed by atoms with Crippen LogP contribution in [0.2, 0.25) is 0 Å². The zero-order chi connectivity index (χ0) is 22.1. The fraction of sp³-hybridized carbons (Fsp3) is 0.850. The van der Waals surface area contributed by atoms with Crippen LogP contribution in [0.4, 0.5) is 0 Å². The molecule has 2 amide bonds. The second-order valence-electron chi connectivity index (χ2n) is 7.45. The first kappa shape index (κ1) is 27.5. The molecule has 0 fully saturated rings. The fourth-order valence-corrected chi connectivity index (χ4v) is 2.93. The molecule has 10 N–H and O–H groups in total. The van der Waals surface area contributed by atoms with Gasteiger partial charge in [-0.2, -0.15) is 0 Å². The lowest BCUT2D eigenvalue weighted by atomic mass is 10.0. The molecule has 0 aromatic rings. The zero-order valence-corrected chi connectivity index (χ0v) is 18.0. The van der Waals surface area contributed by atoms with Crippen molar-refractivity contribution in [2.24, 2.45) is 22.9 Å². The standard InChI is InChI=1S/C20H42N6O3/c1-2-18(27)17(26-20(29)16(24)10-4-7-13-22)11-5-8-14-25-19(28)15(23)9-3-6-12-21/h15-17H,2-14,21-24H2,1H3,(H,25,28)(H,26,29). The van der Waals surface area contributed by atoms with Crippen molar-refractivity contribution in [2.45, 2.75) is 89.3 Å². The molecule has 0 aromatic carbocycles. The molecular formula is C20H42N6O3. The number of nitrogens with two attached hydrogens (primary N) is 4. The Morgan fingerprint density at radius 2 is 1.28 bits per heavy atom. The first-order valence-electron chi connectivity index (χ1n) is 10.9. The molecule has 0 saturated heterocycles. The molecule has 0 rings (SSSR count). The summed E-state index contributed by atoms with van der Waals surface area (Å²) in [5, 5.41) is 5.60. The van der Waals surface area contributed by atoms with Crippen LogP contribution in [0.5, 0.6) is 0 Å². The highest BCUT2D eigenvalue weighted by molar-refractivity contribution is 5.90. The van der Waals surface area contributed by atoms with Gasteiger partial charge in [0.05, 0.1) is 18.1 Å². The Hall–Kier alpha value is -1.55. The minimum atomic E-state index is -0.631. The molecule has 0 heterocycles. The second kappa shape index (κ2) is 17.3. The van der Waals surface area contributed by atoms with E-state index in [9.17, 15) is 14.4 Å². The Bertz CT molecular complexity index is 475. The molecule has 0 aliphatic rings. The summed E-state index contributed by atoms with van der Waals surface area (Å²) < 4.78 is 0. The lowest BCUT2D eigenvalue weighted by molar-refractivity contribution is -0.128. The summed E-state index contributed by atoms with van der Waals surface area (Å²) in [6.07, 6.45) is 6.73. The van der Waals surface area contributed by atoms with Gasteiger partial charge in [-0.3, -0.25) is 14.4 Å². The Morgan fingerprint density at radius 1 is 0.759 bits per heavy atom. The van der Waals surface area contributed by atoms with E-state index in [2.05, 4.69) is 10.6 Å². The van der Waals surface area contributed by atoms with E-state index in [1.54, 1.807) is 6.92 Å². The summed E-state index contributed by atoms with van der Waals surface area (Å²) in [4.78, 5) is 36.3. The molecule has 0 saturated carbocycles. The Kier molecular flexibility index (Phi) is 16.4. The summed E-state index contributed by atoms with van der Waals surface area (Å²) in [5.41, 5.74) is 22.6. The number of rotatable bonds is 18. The molecule has 0 radical (unpaired) electrons. The normalized spacial score (nSPS) is 14.1. The fourth-order valence-electron chi connectivity index (χ4n) is 2.93. The number of hydrogen-bond donors (Lipinski definition) is 6. The van der Waals surface area contributed by atoms with Gasteiger partial charge in [-0.25, -0.2) is 0 Å². The Morgan fingerprint density at radius 3 is 1.79 bits per heavy atom. The Balaban J connectivity index is 4.22. The van der Waals surface area contributed by atoms with Crippen LogP contribution in [-0.2, 0) is 14.4 Å². The van der Waals surface area contributed by atoms with E-state index in [0.29, 0.717) is 58.2 Å². The number of ketones is 1. The molecule has 0 aliphatic carbocycles. The molecule has 0 bridgehead atoms. The molecule has 0 aliphatic heterocycles. The molecule has 29 heavy (non-hydrogen) atoms. The number of amides is 2. The molecule has 3 unspecified atom stereocenters. The average Bonchev–Trinajstić information content (AvgIpc) is 2.71. The van der Waals surface area contributed by atoms with Gasteiger partial charge in [0, 0.05) is 13.0 Å². The first-order valence-corrected chi connectivity index (χ1v) is 10.9. The van der Waals surface area contributed by atoms with Crippen molar-refractivity contribution in [3.8, 4) is 0 Å². The third-order valence-electron chi connectivity index (χ3n) is 4.88. The summed E-state index contributed by atoms with van der Waals surface area (Å²) in [6, 6.07) is -1.69. The van der Waals surface area contributed by atoms with E-state index in [1.807, 2.05) is 0 Å². The maximum Gasteiger partial charge on any atom is 0.237 e. The molecule has 3 atom stereocenters. The van der Waals surface area contributed by atoms with Crippen molar-refractivity contribution >= 4 is 17.6 Å². The predicted molar refractivity (Wildman–Crippen MR) is 116 cm³/mol. The van der Waals surface area contributed by atoms with Crippen LogP contribution in [0.3, 0.4) is 0 Å². The van der Waals surface area contributed by atoms with Crippen molar-refractivity contribution in [1.29, 1.82) is 0 Å². The van der Waals surface area contributed by atoms with E-state index in [4.69, 9.17) is 22.9 Å². The topological polar surface area (TPSA) is 179 Å². The number of nitrogens with one attached hydrogen (secondary N) is 2.